The van der Waals surface area contributed by atoms with Crippen molar-refractivity contribution in [1.82, 2.24) is 9.97 Å². The predicted molar refractivity (Wildman–Crippen MR) is 79.4 cm³/mol. The van der Waals surface area contributed by atoms with Crippen molar-refractivity contribution < 1.29 is 14.6 Å². The molecule has 1 fully saturated rings. The van der Waals surface area contributed by atoms with Crippen molar-refractivity contribution in [3.63, 3.8) is 0 Å². The number of hydrogen-bond acceptors (Lipinski definition) is 5. The number of hydrogen-bond donors (Lipinski definition) is 1. The van der Waals surface area contributed by atoms with E-state index in [1.165, 1.54) is 0 Å². The van der Waals surface area contributed by atoms with Gasteiger partial charge in [0.1, 0.15) is 17.7 Å². The molecule has 0 aliphatic carbocycles. The minimum atomic E-state index is -0.795. The Balaban J connectivity index is 2.42. The molecule has 0 unspecified atom stereocenters. The monoisotopic (exact) mass is 293 g/mol. The van der Waals surface area contributed by atoms with Crippen LogP contribution in [-0.4, -0.2) is 40.7 Å². The number of aliphatic carboxylic acids is 1. The van der Waals surface area contributed by atoms with Gasteiger partial charge in [-0.25, -0.2) is 14.8 Å². The molecule has 2 rings (SSSR count). The van der Waals surface area contributed by atoms with E-state index in [1.807, 2.05) is 31.7 Å². The molecule has 1 saturated heterocycles. The molecule has 6 nitrogen and oxygen atoms in total. The molecule has 1 aliphatic heterocycles. The topological polar surface area (TPSA) is 75.5 Å². The molecule has 0 spiro atoms. The highest BCUT2D eigenvalue weighted by Gasteiger charge is 2.32. The Morgan fingerprint density at radius 3 is 2.76 bits per heavy atom. The molecule has 0 radical (unpaired) electrons. The molecular formula is C15H23N3O3. The maximum Gasteiger partial charge on any atom is 0.326 e. The van der Waals surface area contributed by atoms with E-state index < -0.39 is 12.0 Å². The fraction of sp³-hybridized carbons (Fsp3) is 0.667. The highest BCUT2D eigenvalue weighted by molar-refractivity contribution is 5.78. The van der Waals surface area contributed by atoms with Crippen LogP contribution in [0.5, 0.6) is 0 Å². The molecule has 0 amide bonds. The molecule has 2 heterocycles. The van der Waals surface area contributed by atoms with Gasteiger partial charge in [-0.2, -0.15) is 0 Å². The zero-order chi connectivity index (χ0) is 15.6. The SMILES string of the molecule is COCc1cc(N2CCC[C@@H]2C(=O)O)nc(C(C)(C)C)n1. The van der Waals surface area contributed by atoms with Crippen molar-refractivity contribution in [3.05, 3.63) is 17.6 Å². The first-order valence-corrected chi connectivity index (χ1v) is 7.19. The normalized spacial score (nSPS) is 19.0. The van der Waals surface area contributed by atoms with Crippen LogP contribution in [0.4, 0.5) is 5.82 Å². The van der Waals surface area contributed by atoms with Crippen LogP contribution >= 0.6 is 0 Å². The van der Waals surface area contributed by atoms with Crippen LogP contribution in [0.3, 0.4) is 0 Å². The number of carbonyl (C=O) groups is 1. The summed E-state index contributed by atoms with van der Waals surface area (Å²) in [6.07, 6.45) is 1.52. The highest BCUT2D eigenvalue weighted by Crippen LogP contribution is 2.27. The first kappa shape index (κ1) is 15.7. The largest absolute Gasteiger partial charge is 0.480 e. The number of methoxy groups -OCH3 is 1. The van der Waals surface area contributed by atoms with E-state index in [0.29, 0.717) is 31.2 Å². The van der Waals surface area contributed by atoms with Gasteiger partial charge < -0.3 is 14.7 Å². The van der Waals surface area contributed by atoms with Gasteiger partial charge >= 0.3 is 5.97 Å². The van der Waals surface area contributed by atoms with Crippen molar-refractivity contribution in [2.24, 2.45) is 0 Å². The van der Waals surface area contributed by atoms with Crippen molar-refractivity contribution in [2.45, 2.75) is 51.7 Å². The Bertz CT molecular complexity index is 525. The fourth-order valence-electron chi connectivity index (χ4n) is 2.49. The molecule has 1 aromatic heterocycles. The molecule has 1 N–H and O–H groups in total. The fourth-order valence-corrected chi connectivity index (χ4v) is 2.49. The molecule has 116 valence electrons. The summed E-state index contributed by atoms with van der Waals surface area (Å²) in [7, 11) is 1.62. The van der Waals surface area contributed by atoms with Crippen molar-refractivity contribution in [1.29, 1.82) is 0 Å². The molecule has 0 saturated carbocycles. The van der Waals surface area contributed by atoms with Gasteiger partial charge in [0.15, 0.2) is 0 Å². The molecule has 21 heavy (non-hydrogen) atoms. The van der Waals surface area contributed by atoms with Crippen LogP contribution in [0.1, 0.15) is 45.1 Å². The van der Waals surface area contributed by atoms with E-state index in [1.54, 1.807) is 7.11 Å². The summed E-state index contributed by atoms with van der Waals surface area (Å²) >= 11 is 0. The number of rotatable bonds is 4. The summed E-state index contributed by atoms with van der Waals surface area (Å²) in [5, 5.41) is 9.34. The van der Waals surface area contributed by atoms with E-state index >= 15 is 0 Å². The second-order valence-corrected chi connectivity index (χ2v) is 6.41. The second kappa shape index (κ2) is 5.97. The summed E-state index contributed by atoms with van der Waals surface area (Å²) < 4.78 is 5.16. The Hall–Kier alpha value is -1.69. The first-order chi connectivity index (χ1) is 9.82. The number of anilines is 1. The molecule has 0 bridgehead atoms. The van der Waals surface area contributed by atoms with E-state index in [2.05, 4.69) is 9.97 Å². The third kappa shape index (κ3) is 3.50. The minimum Gasteiger partial charge on any atom is -0.480 e. The van der Waals surface area contributed by atoms with Gasteiger partial charge in [-0.15, -0.1) is 0 Å². The summed E-state index contributed by atoms with van der Waals surface area (Å²) in [4.78, 5) is 22.4. The van der Waals surface area contributed by atoms with Crippen LogP contribution in [0, 0.1) is 0 Å². The maximum atomic E-state index is 11.4. The van der Waals surface area contributed by atoms with Gasteiger partial charge in [0.05, 0.1) is 12.3 Å². The summed E-state index contributed by atoms with van der Waals surface area (Å²) in [6.45, 7) is 7.23. The van der Waals surface area contributed by atoms with Crippen LogP contribution < -0.4 is 4.90 Å². The zero-order valence-electron chi connectivity index (χ0n) is 13.1. The van der Waals surface area contributed by atoms with Crippen molar-refractivity contribution >= 4 is 11.8 Å². The van der Waals surface area contributed by atoms with Crippen LogP contribution in [0.2, 0.25) is 0 Å². The lowest BCUT2D eigenvalue weighted by molar-refractivity contribution is -0.138. The molecule has 1 aromatic rings. The van der Waals surface area contributed by atoms with Crippen molar-refractivity contribution in [3.8, 4) is 0 Å². The summed E-state index contributed by atoms with van der Waals surface area (Å²) in [5.41, 5.74) is 0.584. The smallest absolute Gasteiger partial charge is 0.326 e. The minimum absolute atomic E-state index is 0.197. The van der Waals surface area contributed by atoms with Gasteiger partial charge in [0.2, 0.25) is 0 Å². The van der Waals surface area contributed by atoms with Crippen LogP contribution in [0.15, 0.2) is 6.07 Å². The van der Waals surface area contributed by atoms with E-state index in [0.717, 1.165) is 12.1 Å². The van der Waals surface area contributed by atoms with E-state index in [-0.39, 0.29) is 5.41 Å². The Labute approximate surface area is 125 Å². The Morgan fingerprint density at radius 2 is 2.19 bits per heavy atom. The highest BCUT2D eigenvalue weighted by atomic mass is 16.5. The predicted octanol–water partition coefficient (Wildman–Crippen LogP) is 1.97. The zero-order valence-corrected chi connectivity index (χ0v) is 13.1. The van der Waals surface area contributed by atoms with E-state index in [9.17, 15) is 9.90 Å². The summed E-state index contributed by atoms with van der Waals surface area (Å²) in [6, 6.07) is 1.34. The van der Waals surface area contributed by atoms with Gasteiger partial charge in [-0.05, 0) is 12.8 Å². The van der Waals surface area contributed by atoms with Crippen molar-refractivity contribution in [2.75, 3.05) is 18.6 Å². The standard InChI is InChI=1S/C15H23N3O3/c1-15(2,3)14-16-10(9-21-4)8-12(17-14)18-7-5-6-11(18)13(19)20/h8,11H,5-7,9H2,1-4H3,(H,19,20)/t11-/m1/s1. The number of carboxylic acids is 1. The number of ether oxygens (including phenoxy) is 1. The molecule has 6 heteroatoms. The lowest BCUT2D eigenvalue weighted by Crippen LogP contribution is -2.37. The maximum absolute atomic E-state index is 11.4. The molecule has 1 aliphatic rings. The number of aromatic nitrogens is 2. The molecular weight excluding hydrogens is 270 g/mol. The lowest BCUT2D eigenvalue weighted by Gasteiger charge is -2.25. The van der Waals surface area contributed by atoms with Crippen LogP contribution in [0.25, 0.3) is 0 Å². The third-order valence-electron chi connectivity index (χ3n) is 3.56. The molecule has 1 atom stereocenters. The Morgan fingerprint density at radius 1 is 1.48 bits per heavy atom. The summed E-state index contributed by atoms with van der Waals surface area (Å²) in [5.74, 6) is 0.603. The first-order valence-electron chi connectivity index (χ1n) is 7.19. The quantitative estimate of drug-likeness (QED) is 0.914. The van der Waals surface area contributed by atoms with Crippen LogP contribution in [-0.2, 0) is 21.6 Å². The lowest BCUT2D eigenvalue weighted by atomic mass is 9.95. The number of carboxylic acid groups (broad SMARTS) is 1. The number of nitrogens with zero attached hydrogens (tertiary/aromatic N) is 3. The average Bonchev–Trinajstić information content (AvgIpc) is 2.87. The van der Waals surface area contributed by atoms with Gasteiger partial charge in [0, 0.05) is 25.1 Å². The second-order valence-electron chi connectivity index (χ2n) is 6.41. The van der Waals surface area contributed by atoms with Gasteiger partial charge in [0.25, 0.3) is 0 Å². The van der Waals surface area contributed by atoms with Gasteiger partial charge in [-0.3, -0.25) is 0 Å². The Kier molecular flexibility index (Phi) is 4.46. The van der Waals surface area contributed by atoms with Gasteiger partial charge in [-0.1, -0.05) is 20.8 Å². The average molecular weight is 293 g/mol. The third-order valence-corrected chi connectivity index (χ3v) is 3.56. The molecule has 0 aromatic carbocycles. The van der Waals surface area contributed by atoms with E-state index in [4.69, 9.17) is 4.74 Å².